The van der Waals surface area contributed by atoms with Crippen molar-refractivity contribution in [3.63, 3.8) is 0 Å². The zero-order valence-electron chi connectivity index (χ0n) is 10.5. The molecule has 0 atom stereocenters. The van der Waals surface area contributed by atoms with Crippen LogP contribution >= 0.6 is 27.5 Å². The van der Waals surface area contributed by atoms with Crippen LogP contribution in [0.2, 0.25) is 5.02 Å². The second-order valence-electron chi connectivity index (χ2n) is 4.22. The molecule has 7 heteroatoms. The van der Waals surface area contributed by atoms with Crippen LogP contribution in [-0.4, -0.2) is 14.7 Å². The molecule has 0 aliphatic rings. The minimum absolute atomic E-state index is 0.0978. The molecule has 0 radical (unpaired) electrons. The van der Waals surface area contributed by atoms with Gasteiger partial charge in [-0.25, -0.2) is 8.42 Å². The first-order valence-corrected chi connectivity index (χ1v) is 8.66. The highest BCUT2D eigenvalue weighted by Crippen LogP contribution is 2.35. The number of para-hydroxylation sites is 1. The second-order valence-corrected chi connectivity index (χ2v) is 7.40. The van der Waals surface area contributed by atoms with E-state index in [1.54, 1.807) is 24.3 Å². The molecule has 0 aliphatic heterocycles. The highest BCUT2D eigenvalue weighted by molar-refractivity contribution is 9.10. The van der Waals surface area contributed by atoms with Crippen molar-refractivity contribution in [1.29, 1.82) is 0 Å². The minimum atomic E-state index is -3.37. The van der Waals surface area contributed by atoms with Crippen LogP contribution in [0.15, 0.2) is 45.8 Å². The van der Waals surface area contributed by atoms with E-state index in [0.717, 1.165) is 6.26 Å². The van der Waals surface area contributed by atoms with Crippen molar-refractivity contribution in [1.82, 2.24) is 0 Å². The highest BCUT2D eigenvalue weighted by Gasteiger charge is 2.15. The van der Waals surface area contributed by atoms with Crippen molar-refractivity contribution < 1.29 is 8.42 Å². The third-order valence-electron chi connectivity index (χ3n) is 2.69. The molecule has 0 heterocycles. The van der Waals surface area contributed by atoms with Gasteiger partial charge in [-0.1, -0.05) is 23.7 Å². The van der Waals surface area contributed by atoms with Gasteiger partial charge in [-0.2, -0.15) is 0 Å². The van der Waals surface area contributed by atoms with Gasteiger partial charge < -0.3 is 11.1 Å². The van der Waals surface area contributed by atoms with E-state index in [4.69, 9.17) is 17.3 Å². The molecule has 0 spiro atoms. The van der Waals surface area contributed by atoms with E-state index in [0.29, 0.717) is 20.9 Å². The van der Waals surface area contributed by atoms with E-state index in [-0.39, 0.29) is 10.6 Å². The van der Waals surface area contributed by atoms with Crippen LogP contribution in [0.4, 0.5) is 17.1 Å². The van der Waals surface area contributed by atoms with E-state index in [1.165, 1.54) is 6.07 Å². The lowest BCUT2D eigenvalue weighted by Crippen LogP contribution is -2.05. The lowest BCUT2D eigenvalue weighted by molar-refractivity contribution is 0.602. The van der Waals surface area contributed by atoms with Crippen LogP contribution in [0.5, 0.6) is 0 Å². The normalized spacial score (nSPS) is 11.3. The third-order valence-corrected chi connectivity index (χ3v) is 5.24. The smallest absolute Gasteiger partial charge is 0.177 e. The van der Waals surface area contributed by atoms with Gasteiger partial charge in [0.1, 0.15) is 0 Å². The van der Waals surface area contributed by atoms with Crippen LogP contribution in [0.3, 0.4) is 0 Å². The van der Waals surface area contributed by atoms with E-state index in [9.17, 15) is 8.42 Å². The van der Waals surface area contributed by atoms with Gasteiger partial charge in [0.25, 0.3) is 0 Å². The summed E-state index contributed by atoms with van der Waals surface area (Å²) in [6, 6.07) is 10.1. The number of nitrogens with one attached hydrogen (secondary N) is 1. The molecule has 0 unspecified atom stereocenters. The van der Waals surface area contributed by atoms with Crippen LogP contribution in [0.1, 0.15) is 0 Å². The van der Waals surface area contributed by atoms with Crippen LogP contribution in [-0.2, 0) is 9.84 Å². The van der Waals surface area contributed by atoms with E-state index < -0.39 is 9.84 Å². The topological polar surface area (TPSA) is 72.2 Å². The fraction of sp³-hybridized carbons (Fsp3) is 0.0769. The monoisotopic (exact) mass is 374 g/mol. The second kappa shape index (κ2) is 5.63. The van der Waals surface area contributed by atoms with Gasteiger partial charge in [0, 0.05) is 6.26 Å². The molecule has 0 fully saturated rings. The number of rotatable bonds is 3. The maximum absolute atomic E-state index is 11.6. The number of benzene rings is 2. The van der Waals surface area contributed by atoms with Gasteiger partial charge in [-0.05, 0) is 40.2 Å². The van der Waals surface area contributed by atoms with Crippen molar-refractivity contribution in [2.24, 2.45) is 0 Å². The van der Waals surface area contributed by atoms with Gasteiger partial charge in [-0.3, -0.25) is 0 Å². The van der Waals surface area contributed by atoms with Crippen LogP contribution in [0, 0.1) is 0 Å². The highest BCUT2D eigenvalue weighted by atomic mass is 79.9. The summed E-state index contributed by atoms with van der Waals surface area (Å²) in [6.45, 7) is 0. The molecular formula is C13H12BrClN2O2S. The average molecular weight is 376 g/mol. The Bertz CT molecular complexity index is 763. The summed E-state index contributed by atoms with van der Waals surface area (Å²) in [5, 5.41) is 3.62. The Balaban J connectivity index is 2.48. The van der Waals surface area contributed by atoms with Gasteiger partial charge >= 0.3 is 0 Å². The zero-order chi connectivity index (χ0) is 14.9. The van der Waals surface area contributed by atoms with Gasteiger partial charge in [0.2, 0.25) is 0 Å². The number of hydrogen-bond donors (Lipinski definition) is 2. The van der Waals surface area contributed by atoms with Crippen LogP contribution < -0.4 is 11.1 Å². The minimum Gasteiger partial charge on any atom is -0.396 e. The molecule has 4 nitrogen and oxygen atoms in total. The summed E-state index contributed by atoms with van der Waals surface area (Å²) in [5.74, 6) is 0. The van der Waals surface area contributed by atoms with Crippen molar-refractivity contribution in [2.45, 2.75) is 4.90 Å². The van der Waals surface area contributed by atoms with Crippen molar-refractivity contribution in [2.75, 3.05) is 17.3 Å². The summed E-state index contributed by atoms with van der Waals surface area (Å²) in [7, 11) is -3.37. The van der Waals surface area contributed by atoms with Crippen molar-refractivity contribution in [3.8, 4) is 0 Å². The SMILES string of the molecule is CS(=O)(=O)c1cccc(Nc2cccc(Cl)c2Br)c1N. The van der Waals surface area contributed by atoms with E-state index >= 15 is 0 Å². The summed E-state index contributed by atoms with van der Waals surface area (Å²) >= 11 is 9.38. The average Bonchev–Trinajstić information content (AvgIpc) is 2.36. The summed E-state index contributed by atoms with van der Waals surface area (Å²) in [5.41, 5.74) is 7.31. The lowest BCUT2D eigenvalue weighted by Gasteiger charge is -2.13. The first-order valence-electron chi connectivity index (χ1n) is 5.60. The molecule has 0 aliphatic carbocycles. The number of nitrogens with two attached hydrogens (primary N) is 1. The maximum Gasteiger partial charge on any atom is 0.177 e. The molecule has 2 rings (SSSR count). The Labute approximate surface area is 131 Å². The Morgan fingerprint density at radius 1 is 1.15 bits per heavy atom. The molecule has 20 heavy (non-hydrogen) atoms. The first kappa shape index (κ1) is 15.2. The van der Waals surface area contributed by atoms with E-state index in [2.05, 4.69) is 21.2 Å². The quantitative estimate of drug-likeness (QED) is 0.800. The first-order chi connectivity index (χ1) is 9.30. The summed E-state index contributed by atoms with van der Waals surface area (Å²) < 4.78 is 24.0. The Kier molecular flexibility index (Phi) is 4.27. The Morgan fingerprint density at radius 3 is 2.40 bits per heavy atom. The van der Waals surface area contributed by atoms with Gasteiger partial charge in [-0.15, -0.1) is 0 Å². The van der Waals surface area contributed by atoms with Crippen LogP contribution in [0.25, 0.3) is 0 Å². The molecule has 0 amide bonds. The number of sulfone groups is 1. The number of anilines is 3. The third kappa shape index (κ3) is 3.08. The fourth-order valence-corrected chi connectivity index (χ4v) is 3.09. The predicted molar refractivity (Wildman–Crippen MR) is 86.4 cm³/mol. The maximum atomic E-state index is 11.6. The van der Waals surface area contributed by atoms with Gasteiger partial charge in [0.05, 0.1) is 31.5 Å². The molecule has 2 aromatic rings. The van der Waals surface area contributed by atoms with Crippen molar-refractivity contribution >= 4 is 54.4 Å². The predicted octanol–water partition coefficient (Wildman–Crippen LogP) is 3.83. The fourth-order valence-electron chi connectivity index (χ4n) is 1.72. The summed E-state index contributed by atoms with van der Waals surface area (Å²) in [6.07, 6.45) is 1.12. The molecule has 0 aromatic heterocycles. The van der Waals surface area contributed by atoms with Crippen molar-refractivity contribution in [3.05, 3.63) is 45.9 Å². The Hall–Kier alpha value is -1.24. The zero-order valence-corrected chi connectivity index (χ0v) is 13.7. The number of nitrogen functional groups attached to an aromatic ring is 1. The lowest BCUT2D eigenvalue weighted by atomic mass is 10.2. The van der Waals surface area contributed by atoms with E-state index in [1.807, 2.05) is 6.07 Å². The summed E-state index contributed by atoms with van der Waals surface area (Å²) in [4.78, 5) is 0.0978. The number of hydrogen-bond acceptors (Lipinski definition) is 4. The molecule has 0 saturated heterocycles. The Morgan fingerprint density at radius 2 is 1.75 bits per heavy atom. The molecule has 2 aromatic carbocycles. The van der Waals surface area contributed by atoms with Gasteiger partial charge in [0.15, 0.2) is 9.84 Å². The molecule has 0 bridgehead atoms. The molecule has 3 N–H and O–H groups in total. The molecule has 106 valence electrons. The molecule has 0 saturated carbocycles. The standard InChI is InChI=1S/C13H12BrClN2O2S/c1-20(18,19)11-7-3-6-10(13(11)16)17-9-5-2-4-8(15)12(9)14/h2-7,17H,16H2,1H3. The largest absolute Gasteiger partial charge is 0.396 e. The molecular weight excluding hydrogens is 364 g/mol. The number of halogens is 2.